The number of para-hydroxylation sites is 6. The van der Waals surface area contributed by atoms with E-state index >= 15 is 9.13 Å². The first-order valence-corrected chi connectivity index (χ1v) is 36.5. The third kappa shape index (κ3) is 10.2. The number of benzene rings is 15. The van der Waals surface area contributed by atoms with E-state index in [2.05, 4.69) is 286 Å². The Hall–Kier alpha value is -12.0. The molecule has 0 N–H and O–H groups in total. The topological polar surface area (TPSA) is 50.5 Å². The van der Waals surface area contributed by atoms with Gasteiger partial charge < -0.3 is 28.1 Å². The molecule has 17 rings (SSSR count). The minimum Gasteiger partial charge on any atom is -0.311 e. The van der Waals surface area contributed by atoms with Crippen molar-refractivity contribution >= 4 is 124 Å². The fourth-order valence-electron chi connectivity index (χ4n) is 14.6. The SMILES string of the molecule is O=P(c1ccccc1)(c1ccccc1)c1ccc(-c2c3c4ccccc4n(-c4ccc(N(c5ccccc5)c5ccccc5)cc4)c3c(-c3ccc(P(=O)(c4ccccc4)c4ccccc4)cc3)c3c4ccccc4n(-c4ccc(N(c5ccccc5)c5ccccc5)cc4)c23)cc1. The van der Waals surface area contributed by atoms with Gasteiger partial charge in [-0.3, -0.25) is 0 Å². The lowest BCUT2D eigenvalue weighted by molar-refractivity contribution is 0.591. The van der Waals surface area contributed by atoms with Crippen molar-refractivity contribution in [3.63, 3.8) is 0 Å². The molecule has 0 spiro atoms. The van der Waals surface area contributed by atoms with Crippen molar-refractivity contribution in [2.75, 3.05) is 9.80 Å². The van der Waals surface area contributed by atoms with Crippen LogP contribution in [0.4, 0.5) is 34.1 Å². The van der Waals surface area contributed by atoms with E-state index in [1.807, 2.05) is 121 Å². The third-order valence-electron chi connectivity index (χ3n) is 19.0. The second-order valence-corrected chi connectivity index (χ2v) is 30.1. The molecule has 0 aliphatic rings. The highest BCUT2D eigenvalue weighted by molar-refractivity contribution is 7.85. The van der Waals surface area contributed by atoms with Crippen molar-refractivity contribution in [1.29, 1.82) is 0 Å². The average molecular weight is 1300 g/mol. The molecule has 15 aromatic carbocycles. The highest BCUT2D eigenvalue weighted by Gasteiger charge is 2.34. The maximum absolute atomic E-state index is 16.3. The van der Waals surface area contributed by atoms with E-state index in [-0.39, 0.29) is 0 Å². The molecule has 0 aliphatic carbocycles. The molecule has 2 heterocycles. The second kappa shape index (κ2) is 25.3. The van der Waals surface area contributed by atoms with Gasteiger partial charge in [-0.15, -0.1) is 0 Å². The molecule has 0 atom stereocenters. The number of fused-ring (bicyclic) bond motifs is 6. The van der Waals surface area contributed by atoms with E-state index in [0.717, 1.165) is 143 Å². The molecule has 0 saturated heterocycles. The Morgan fingerprint density at radius 3 is 0.714 bits per heavy atom. The molecule has 2 aromatic heterocycles. The maximum atomic E-state index is 16.3. The average Bonchev–Trinajstić information content (AvgIpc) is 1.51. The normalized spacial score (nSPS) is 11.8. The van der Waals surface area contributed by atoms with Crippen molar-refractivity contribution in [2.45, 2.75) is 0 Å². The van der Waals surface area contributed by atoms with E-state index in [1.165, 1.54) is 0 Å². The molecule has 8 heteroatoms. The fourth-order valence-corrected chi connectivity index (χ4v) is 19.9. The molecule has 6 nitrogen and oxygen atoms in total. The smallest absolute Gasteiger partial charge is 0.171 e. The number of anilines is 6. The first kappa shape index (κ1) is 59.7. The number of rotatable bonds is 16. The first-order valence-electron chi connectivity index (χ1n) is 33.1. The number of aromatic nitrogens is 2. The quantitative estimate of drug-likeness (QED) is 0.0905. The van der Waals surface area contributed by atoms with E-state index < -0.39 is 14.3 Å². The Morgan fingerprint density at radius 2 is 0.439 bits per heavy atom. The zero-order chi connectivity index (χ0) is 65.6. The summed E-state index contributed by atoms with van der Waals surface area (Å²) < 4.78 is 37.5. The third-order valence-corrected chi connectivity index (χ3v) is 25.2. The van der Waals surface area contributed by atoms with E-state index in [4.69, 9.17) is 0 Å². The van der Waals surface area contributed by atoms with Crippen LogP contribution in [0.5, 0.6) is 0 Å². The zero-order valence-electron chi connectivity index (χ0n) is 53.5. The summed E-state index contributed by atoms with van der Waals surface area (Å²) in [4.78, 5) is 4.60. The van der Waals surface area contributed by atoms with Gasteiger partial charge in [0.1, 0.15) is 0 Å². The Labute approximate surface area is 570 Å². The molecule has 0 saturated carbocycles. The van der Waals surface area contributed by atoms with Gasteiger partial charge in [0.25, 0.3) is 0 Å². The zero-order valence-corrected chi connectivity index (χ0v) is 55.2. The summed E-state index contributed by atoms with van der Waals surface area (Å²) in [6.07, 6.45) is 0. The van der Waals surface area contributed by atoms with Crippen LogP contribution in [-0.2, 0) is 9.13 Å². The summed E-state index contributed by atoms with van der Waals surface area (Å²) in [5.41, 5.74) is 16.2. The molecule has 98 heavy (non-hydrogen) atoms. The summed E-state index contributed by atoms with van der Waals surface area (Å²) in [5, 5.41) is 8.79. The molecule has 0 unspecified atom stereocenters. The molecule has 0 bridgehead atoms. The lowest BCUT2D eigenvalue weighted by Crippen LogP contribution is -2.24. The summed E-state index contributed by atoms with van der Waals surface area (Å²) in [7, 11) is -6.78. The van der Waals surface area contributed by atoms with Crippen molar-refractivity contribution in [1.82, 2.24) is 9.13 Å². The fraction of sp³-hybridized carbons (Fsp3) is 0. The Bertz CT molecular complexity index is 5270. The van der Waals surface area contributed by atoms with E-state index in [0.29, 0.717) is 0 Å². The van der Waals surface area contributed by atoms with Gasteiger partial charge in [0.2, 0.25) is 0 Å². The van der Waals surface area contributed by atoms with Crippen LogP contribution in [0.15, 0.2) is 388 Å². The van der Waals surface area contributed by atoms with Gasteiger partial charge in [0.15, 0.2) is 14.3 Å². The molecule has 0 amide bonds. The molecule has 0 aliphatic heterocycles. The van der Waals surface area contributed by atoms with Crippen LogP contribution >= 0.6 is 14.3 Å². The Balaban J connectivity index is 0.984. The van der Waals surface area contributed by atoms with Gasteiger partial charge >= 0.3 is 0 Å². The summed E-state index contributed by atoms with van der Waals surface area (Å²) >= 11 is 0. The molecule has 0 fully saturated rings. The predicted octanol–water partition coefficient (Wildman–Crippen LogP) is 21.4. The van der Waals surface area contributed by atoms with Gasteiger partial charge in [0, 0.05) is 110 Å². The van der Waals surface area contributed by atoms with Crippen molar-refractivity contribution in [3.05, 3.63) is 388 Å². The number of hydrogen-bond acceptors (Lipinski definition) is 4. The first-order chi connectivity index (χ1) is 48.4. The standard InChI is InChI=1S/C90H64N4O2P2/c95-97(75-37-17-5-18-38-75,76-39-19-6-20-40-76)79-61-49-65(50-62-79)85-88-82-46-26-28-48-84(82)94(74-59-55-72(56-60-74)92(69-33-13-3-14-34-69)70-35-15-4-16-36-70)90(88)86(66-51-63-80(64-52-66)98(96,77-41-21-7-22-42-77)78-43-23-8-24-44-78)87-81-45-25-27-47-83(81)93(89(85)87)73-57-53-71(54-58-73)91(67-29-9-1-10-30-67)68-31-11-2-12-32-68/h1-64H. The number of nitrogens with zero attached hydrogens (tertiary/aromatic N) is 4. The van der Waals surface area contributed by atoms with Crippen molar-refractivity contribution in [2.24, 2.45) is 0 Å². The highest BCUT2D eigenvalue weighted by atomic mass is 31.2. The molecule has 0 radical (unpaired) electrons. The summed E-state index contributed by atoms with van der Waals surface area (Å²) in [6, 6.07) is 135. The van der Waals surface area contributed by atoms with Crippen LogP contribution in [0.2, 0.25) is 0 Å². The van der Waals surface area contributed by atoms with Crippen molar-refractivity contribution < 1.29 is 9.13 Å². The summed E-state index contributed by atoms with van der Waals surface area (Å²) in [5.74, 6) is 0. The van der Waals surface area contributed by atoms with Crippen LogP contribution < -0.4 is 41.6 Å². The van der Waals surface area contributed by atoms with Crippen LogP contribution in [0, 0.1) is 0 Å². The molecule has 17 aromatic rings. The Kier molecular flexibility index (Phi) is 15.4. The monoisotopic (exact) mass is 1290 g/mol. The maximum Gasteiger partial charge on any atom is 0.171 e. The van der Waals surface area contributed by atoms with Gasteiger partial charge in [0.05, 0.1) is 22.1 Å². The minimum absolute atomic E-state index is 0.742. The van der Waals surface area contributed by atoms with Crippen LogP contribution in [0.25, 0.3) is 77.2 Å². The lowest BCUT2D eigenvalue weighted by atomic mass is 9.90. The Morgan fingerprint density at radius 1 is 0.214 bits per heavy atom. The second-order valence-electron chi connectivity index (χ2n) is 24.6. The minimum atomic E-state index is -3.39. The molecule has 466 valence electrons. The van der Waals surface area contributed by atoms with Crippen molar-refractivity contribution in [3.8, 4) is 33.6 Å². The summed E-state index contributed by atoms with van der Waals surface area (Å²) in [6.45, 7) is 0. The highest BCUT2D eigenvalue weighted by Crippen LogP contribution is 2.54. The van der Waals surface area contributed by atoms with Gasteiger partial charge in [-0.1, -0.05) is 279 Å². The van der Waals surface area contributed by atoms with Gasteiger partial charge in [-0.05, 0) is 120 Å². The number of hydrogen-bond donors (Lipinski definition) is 0. The van der Waals surface area contributed by atoms with Crippen LogP contribution in [-0.4, -0.2) is 9.13 Å². The van der Waals surface area contributed by atoms with Gasteiger partial charge in [-0.25, -0.2) is 0 Å². The van der Waals surface area contributed by atoms with E-state index in [1.54, 1.807) is 0 Å². The molecular formula is C90H64N4O2P2. The molecular weight excluding hydrogens is 1230 g/mol. The van der Waals surface area contributed by atoms with Crippen LogP contribution in [0.3, 0.4) is 0 Å². The largest absolute Gasteiger partial charge is 0.311 e. The van der Waals surface area contributed by atoms with E-state index in [9.17, 15) is 0 Å². The van der Waals surface area contributed by atoms with Crippen LogP contribution in [0.1, 0.15) is 0 Å². The predicted molar refractivity (Wildman–Crippen MR) is 414 cm³/mol. The lowest BCUT2D eigenvalue weighted by Gasteiger charge is -2.26. The van der Waals surface area contributed by atoms with Gasteiger partial charge in [-0.2, -0.15) is 0 Å².